The summed E-state index contributed by atoms with van der Waals surface area (Å²) < 4.78 is 33.6. The van der Waals surface area contributed by atoms with Gasteiger partial charge < -0.3 is 29.5 Å². The van der Waals surface area contributed by atoms with E-state index in [1.54, 1.807) is 0 Å². The number of anilines is 1. The van der Waals surface area contributed by atoms with Gasteiger partial charge in [0.1, 0.15) is 24.4 Å². The summed E-state index contributed by atoms with van der Waals surface area (Å²) in [6, 6.07) is 0. The number of halogens is 1. The Morgan fingerprint density at radius 3 is 2.60 bits per heavy atom. The summed E-state index contributed by atoms with van der Waals surface area (Å²) in [4.78, 5) is 36.6. The number of aliphatic hydroxyl groups excluding tert-OH is 3. The highest BCUT2D eigenvalue weighted by atomic mass is 19.1. The van der Waals surface area contributed by atoms with Gasteiger partial charge in [-0.2, -0.15) is 24.1 Å². The number of imidazole rings is 1. The highest BCUT2D eigenvalue weighted by molar-refractivity contribution is 5.93. The van der Waals surface area contributed by atoms with Gasteiger partial charge in [0.2, 0.25) is 11.6 Å². The number of nitrogens with one attached hydrogen (secondary N) is 1. The monoisotopic (exact) mass is 591 g/mol. The van der Waals surface area contributed by atoms with Crippen molar-refractivity contribution in [2.75, 3.05) is 11.9 Å². The van der Waals surface area contributed by atoms with E-state index in [4.69, 9.17) is 24.0 Å². The average Bonchev–Trinajstić information content (AvgIpc) is 3.62. The van der Waals surface area contributed by atoms with Crippen molar-refractivity contribution in [2.45, 2.75) is 100 Å². The molecule has 7 fully saturated rings. The van der Waals surface area contributed by atoms with E-state index in [0.29, 0.717) is 37.5 Å². The molecule has 2 spiro atoms. The summed E-state index contributed by atoms with van der Waals surface area (Å²) in [7, 11) is 0. The van der Waals surface area contributed by atoms with Gasteiger partial charge in [-0.3, -0.25) is 9.88 Å². The molecule has 42 heavy (non-hydrogen) atoms. The van der Waals surface area contributed by atoms with E-state index in [9.17, 15) is 24.5 Å². The molecule has 1 amide bonds. The minimum atomic E-state index is -1.43. The number of nitrogens with zero attached hydrogens (tertiary/aromatic N) is 4. The van der Waals surface area contributed by atoms with Gasteiger partial charge in [0.15, 0.2) is 23.2 Å². The zero-order chi connectivity index (χ0) is 28.8. The Labute approximate surface area is 239 Å². The molecule has 4 N–H and O–H groups in total. The van der Waals surface area contributed by atoms with Gasteiger partial charge in [-0.25, -0.2) is 9.78 Å². The molecule has 2 aromatic heterocycles. The van der Waals surface area contributed by atoms with E-state index in [1.165, 1.54) is 17.3 Å². The van der Waals surface area contributed by atoms with Crippen molar-refractivity contribution in [1.82, 2.24) is 19.5 Å². The van der Waals surface area contributed by atoms with Crippen molar-refractivity contribution in [3.63, 3.8) is 0 Å². The molecule has 2 aliphatic heterocycles. The number of aromatic nitrogens is 4. The Kier molecular flexibility index (Phi) is 6.27. The summed E-state index contributed by atoms with van der Waals surface area (Å²) in [5.74, 6) is 0.203. The van der Waals surface area contributed by atoms with Crippen LogP contribution < -0.4 is 5.32 Å². The number of amides is 1. The molecule has 9 rings (SSSR count). The highest BCUT2D eigenvalue weighted by Crippen LogP contribution is 2.63. The highest BCUT2D eigenvalue weighted by Gasteiger charge is 2.67. The molecule has 7 aliphatic rings. The second kappa shape index (κ2) is 9.74. The van der Waals surface area contributed by atoms with Gasteiger partial charge in [0.05, 0.1) is 12.9 Å². The molecule has 5 saturated carbocycles. The largest absolute Gasteiger partial charge is 0.446 e. The minimum Gasteiger partial charge on any atom is -0.446 e. The van der Waals surface area contributed by atoms with Crippen molar-refractivity contribution < 1.29 is 48.5 Å². The van der Waals surface area contributed by atoms with Crippen LogP contribution in [0.2, 0.25) is 0 Å². The maximum Gasteiger partial charge on any atom is 0.413 e. The second-order valence-electron chi connectivity index (χ2n) is 12.8. The van der Waals surface area contributed by atoms with Crippen LogP contribution in [-0.4, -0.2) is 83.5 Å². The van der Waals surface area contributed by atoms with Gasteiger partial charge in [0, 0.05) is 24.7 Å². The predicted octanol–water partition coefficient (Wildman–Crippen LogP) is 1.90. The van der Waals surface area contributed by atoms with E-state index >= 15 is 0 Å². The third-order valence-electron chi connectivity index (χ3n) is 10.2. The third kappa shape index (κ3) is 4.16. The summed E-state index contributed by atoms with van der Waals surface area (Å²) in [5, 5.41) is 32.4. The molecular formula is C27H34FN5O9. The number of ether oxygens (including phenoxy) is 3. The first kappa shape index (κ1) is 27.0. The Morgan fingerprint density at radius 2 is 1.88 bits per heavy atom. The molecule has 14 nitrogen and oxygen atoms in total. The van der Waals surface area contributed by atoms with Gasteiger partial charge in [-0.15, -0.1) is 0 Å². The van der Waals surface area contributed by atoms with E-state index in [1.807, 2.05) is 0 Å². The molecule has 5 aliphatic carbocycles. The fraction of sp³-hybridized carbons (Fsp3) is 0.778. The zero-order valence-corrected chi connectivity index (χ0v) is 22.8. The Balaban J connectivity index is 0.961. The van der Waals surface area contributed by atoms with Crippen molar-refractivity contribution in [1.29, 1.82) is 0 Å². The van der Waals surface area contributed by atoms with Gasteiger partial charge in [0.25, 0.3) is 0 Å². The van der Waals surface area contributed by atoms with Crippen LogP contribution >= 0.6 is 0 Å². The Hall–Kier alpha value is -2.53. The zero-order valence-electron chi connectivity index (χ0n) is 22.8. The lowest BCUT2D eigenvalue weighted by molar-refractivity contribution is -0.390. The summed E-state index contributed by atoms with van der Waals surface area (Å²) in [6.45, 7) is -0.531. The lowest BCUT2D eigenvalue weighted by Crippen LogP contribution is -2.59. The number of rotatable bonds is 4. The second-order valence-corrected chi connectivity index (χ2v) is 12.8. The van der Waals surface area contributed by atoms with Crippen molar-refractivity contribution in [3.8, 4) is 0 Å². The van der Waals surface area contributed by atoms with Crippen molar-refractivity contribution >= 4 is 23.1 Å². The molecule has 0 radical (unpaired) electrons. The fourth-order valence-electron chi connectivity index (χ4n) is 8.58. The van der Waals surface area contributed by atoms with E-state index in [0.717, 1.165) is 37.5 Å². The first-order valence-electron chi connectivity index (χ1n) is 14.8. The van der Waals surface area contributed by atoms with Gasteiger partial charge >= 0.3 is 12.2 Å². The fourth-order valence-corrected chi connectivity index (χ4v) is 8.58. The maximum atomic E-state index is 14.5. The lowest BCUT2D eigenvalue weighted by Gasteiger charge is -2.57. The first-order chi connectivity index (χ1) is 20.3. The molecule has 4 bridgehead atoms. The van der Waals surface area contributed by atoms with Crippen LogP contribution in [0.4, 0.5) is 15.0 Å². The molecule has 4 heterocycles. The smallest absolute Gasteiger partial charge is 0.413 e. The van der Waals surface area contributed by atoms with Crippen LogP contribution in [0.25, 0.3) is 11.2 Å². The number of carbonyl (C=O) groups is 1. The predicted molar refractivity (Wildman–Crippen MR) is 136 cm³/mol. The van der Waals surface area contributed by atoms with Crippen LogP contribution in [0.3, 0.4) is 0 Å². The summed E-state index contributed by atoms with van der Waals surface area (Å²) in [5.41, 5.74) is -0.0685. The van der Waals surface area contributed by atoms with Crippen LogP contribution in [0.5, 0.6) is 0 Å². The standard InChI is InChI=1S/C27H34FN5O9/c28-24-30-21(18-22(32-24)33(11-29-18)23-20(36)19(35)17(10-34)39-23)31-25(37)38-16-2-1-3-26(9-16)40-27(42-41-26)14-5-12-4-13(7-14)8-15(27)6-12/h11-17,19-20,23,34-36H,1-10H2,(H,30,31,32,37). The molecule has 6 unspecified atom stereocenters. The molecule has 2 aromatic rings. The molecular weight excluding hydrogens is 557 g/mol. The number of hydrogen-bond acceptors (Lipinski definition) is 12. The first-order valence-corrected chi connectivity index (χ1v) is 14.8. The average molecular weight is 592 g/mol. The Morgan fingerprint density at radius 1 is 1.12 bits per heavy atom. The number of hydrogen-bond donors (Lipinski definition) is 4. The summed E-state index contributed by atoms with van der Waals surface area (Å²) in [6.07, 6.45) is 1.59. The van der Waals surface area contributed by atoms with Crippen molar-refractivity contribution in [2.24, 2.45) is 23.7 Å². The molecule has 228 valence electrons. The van der Waals surface area contributed by atoms with Crippen molar-refractivity contribution in [3.05, 3.63) is 12.4 Å². The topological polar surface area (TPSA) is 180 Å². The molecule has 0 aromatic carbocycles. The van der Waals surface area contributed by atoms with Gasteiger partial charge in [-0.1, -0.05) is 0 Å². The van der Waals surface area contributed by atoms with Crippen LogP contribution in [0.15, 0.2) is 6.33 Å². The number of carbonyl (C=O) groups excluding carboxylic acids is 1. The molecule has 15 heteroatoms. The van der Waals surface area contributed by atoms with E-state index < -0.39 is 61.0 Å². The van der Waals surface area contributed by atoms with Crippen LogP contribution in [0.1, 0.15) is 64.0 Å². The van der Waals surface area contributed by atoms with Crippen LogP contribution in [-0.2, 0) is 24.0 Å². The third-order valence-corrected chi connectivity index (χ3v) is 10.2. The molecule has 2 saturated heterocycles. The van der Waals surface area contributed by atoms with Crippen LogP contribution in [0, 0.1) is 29.7 Å². The maximum absolute atomic E-state index is 14.5. The lowest BCUT2D eigenvalue weighted by atomic mass is 9.53. The minimum absolute atomic E-state index is 0.0193. The normalized spacial score (nSPS) is 44.0. The Bertz CT molecular complexity index is 1370. The SMILES string of the molecule is O=C(Nc1nc(F)nc2c1ncn2C1OC(CO)C(O)C1O)OC1CCCC2(C1)OOC1(O2)C2CC3CC(C2)CC1C3. The van der Waals surface area contributed by atoms with Gasteiger partial charge in [-0.05, 0) is 56.8 Å². The molecule has 6 atom stereocenters. The quantitative estimate of drug-likeness (QED) is 0.300. The van der Waals surface area contributed by atoms with E-state index in [-0.39, 0.29) is 17.0 Å². The summed E-state index contributed by atoms with van der Waals surface area (Å²) >= 11 is 0. The number of fused-ring (bicyclic) bond motifs is 1. The van der Waals surface area contributed by atoms with E-state index in [2.05, 4.69) is 20.3 Å². The number of aliphatic hydroxyl groups is 3.